The van der Waals surface area contributed by atoms with Gasteiger partial charge in [-0.1, -0.05) is 0 Å². The summed E-state index contributed by atoms with van der Waals surface area (Å²) >= 11 is 0. The van der Waals surface area contributed by atoms with Crippen molar-refractivity contribution in [1.29, 1.82) is 0 Å². The minimum absolute atomic E-state index is 0.215. The summed E-state index contributed by atoms with van der Waals surface area (Å²) in [6, 6.07) is 0.620. The maximum atomic E-state index is 13.3. The molecule has 0 aromatic carbocycles. The first-order valence-corrected chi connectivity index (χ1v) is 4.27. The quantitative estimate of drug-likeness (QED) is 0.482. The van der Waals surface area contributed by atoms with Gasteiger partial charge in [0.1, 0.15) is 0 Å². The second-order valence-corrected chi connectivity index (χ2v) is 3.09. The summed E-state index contributed by atoms with van der Waals surface area (Å²) in [5.74, 6) is 1.98. The molecule has 0 atom stereocenters. The molecule has 0 radical (unpaired) electrons. The molecule has 88 valence electrons. The summed E-state index contributed by atoms with van der Waals surface area (Å²) in [6.45, 7) is -0.237. The van der Waals surface area contributed by atoms with Crippen molar-refractivity contribution < 1.29 is 13.6 Å². The molecule has 8 heteroatoms. The summed E-state index contributed by atoms with van der Waals surface area (Å²) in [6.07, 6.45) is 0. The Labute approximate surface area is 90.2 Å². The number of likely N-dealkylation sites (N-methyl/N-ethyl adjacent to an activating group) is 1. The lowest BCUT2D eigenvalue weighted by molar-refractivity contribution is -0.116. The Balaban J connectivity index is 3.08. The smallest absolute Gasteiger partial charge is 0.236 e. The highest BCUT2D eigenvalue weighted by atomic mass is 19.1. The predicted molar refractivity (Wildman–Crippen MR) is 54.4 cm³/mol. The standard InChI is InChI=1S/C8H11F2N5O/c1-15(3-6(11)16)8-5(10)2-4(9)7(13-8)14-12/h2H,3,12H2,1H3,(H2,11,16)(H,13,14). The minimum Gasteiger partial charge on any atom is -0.368 e. The number of hydrazine groups is 1. The zero-order valence-electron chi connectivity index (χ0n) is 8.50. The van der Waals surface area contributed by atoms with Gasteiger partial charge in [0.05, 0.1) is 6.54 Å². The fraction of sp³-hybridized carbons (Fsp3) is 0.250. The predicted octanol–water partition coefficient (Wildman–Crippen LogP) is -0.433. The zero-order chi connectivity index (χ0) is 12.3. The van der Waals surface area contributed by atoms with Crippen LogP contribution in [-0.2, 0) is 4.79 Å². The number of carbonyl (C=O) groups excluding carboxylic acids is 1. The Kier molecular flexibility index (Phi) is 3.56. The van der Waals surface area contributed by atoms with Crippen LogP contribution in [0, 0.1) is 11.6 Å². The fourth-order valence-corrected chi connectivity index (χ4v) is 1.13. The summed E-state index contributed by atoms with van der Waals surface area (Å²) in [7, 11) is 1.40. The first-order chi connectivity index (χ1) is 7.45. The van der Waals surface area contributed by atoms with Gasteiger partial charge in [-0.15, -0.1) is 0 Å². The molecule has 0 spiro atoms. The van der Waals surface area contributed by atoms with Crippen molar-refractivity contribution in [3.63, 3.8) is 0 Å². The second-order valence-electron chi connectivity index (χ2n) is 3.09. The first kappa shape index (κ1) is 12.1. The van der Waals surface area contributed by atoms with E-state index < -0.39 is 17.5 Å². The Hall–Kier alpha value is -1.96. The Bertz CT molecular complexity index is 412. The number of hydrogen-bond acceptors (Lipinski definition) is 5. The highest BCUT2D eigenvalue weighted by Gasteiger charge is 2.15. The van der Waals surface area contributed by atoms with Crippen molar-refractivity contribution >= 4 is 17.5 Å². The molecular formula is C8H11F2N5O. The number of anilines is 2. The lowest BCUT2D eigenvalue weighted by Gasteiger charge is -2.17. The van der Waals surface area contributed by atoms with E-state index in [4.69, 9.17) is 11.6 Å². The van der Waals surface area contributed by atoms with E-state index in [1.165, 1.54) is 7.05 Å². The molecule has 1 aromatic rings. The molecule has 16 heavy (non-hydrogen) atoms. The van der Waals surface area contributed by atoms with E-state index in [0.717, 1.165) is 4.90 Å². The Morgan fingerprint density at radius 2 is 2.19 bits per heavy atom. The van der Waals surface area contributed by atoms with Crippen LogP contribution in [0.5, 0.6) is 0 Å². The molecule has 0 bridgehead atoms. The molecule has 0 aliphatic carbocycles. The van der Waals surface area contributed by atoms with E-state index in [-0.39, 0.29) is 18.2 Å². The first-order valence-electron chi connectivity index (χ1n) is 4.27. The molecule has 1 aromatic heterocycles. The molecule has 1 rings (SSSR count). The van der Waals surface area contributed by atoms with Crippen LogP contribution in [0.15, 0.2) is 6.07 Å². The van der Waals surface area contributed by atoms with Crippen molar-refractivity contribution in [2.75, 3.05) is 23.9 Å². The summed E-state index contributed by atoms with van der Waals surface area (Å²) in [5, 5.41) is 0. The van der Waals surface area contributed by atoms with Crippen LogP contribution >= 0.6 is 0 Å². The second kappa shape index (κ2) is 4.71. The number of nitrogens with zero attached hydrogens (tertiary/aromatic N) is 2. The number of amides is 1. The van der Waals surface area contributed by atoms with Gasteiger partial charge in [-0.3, -0.25) is 4.79 Å². The van der Waals surface area contributed by atoms with E-state index in [9.17, 15) is 13.6 Å². The monoisotopic (exact) mass is 231 g/mol. The third-order valence-electron chi connectivity index (χ3n) is 1.80. The molecule has 0 saturated carbocycles. The molecule has 5 N–H and O–H groups in total. The topological polar surface area (TPSA) is 97.3 Å². The molecular weight excluding hydrogens is 220 g/mol. The van der Waals surface area contributed by atoms with Gasteiger partial charge in [-0.25, -0.2) is 19.6 Å². The van der Waals surface area contributed by atoms with Gasteiger partial charge < -0.3 is 16.1 Å². The van der Waals surface area contributed by atoms with Crippen LogP contribution < -0.4 is 21.9 Å². The normalized spacial score (nSPS) is 10.0. The third kappa shape index (κ3) is 2.54. The van der Waals surface area contributed by atoms with E-state index in [1.807, 2.05) is 5.43 Å². The highest BCUT2D eigenvalue weighted by Crippen LogP contribution is 2.20. The zero-order valence-corrected chi connectivity index (χ0v) is 8.50. The van der Waals surface area contributed by atoms with Crippen molar-refractivity contribution in [3.8, 4) is 0 Å². The molecule has 1 amide bonds. The van der Waals surface area contributed by atoms with E-state index in [2.05, 4.69) is 4.98 Å². The molecule has 0 unspecified atom stereocenters. The van der Waals surface area contributed by atoms with Gasteiger partial charge in [0.25, 0.3) is 0 Å². The van der Waals surface area contributed by atoms with Crippen molar-refractivity contribution in [2.24, 2.45) is 11.6 Å². The molecule has 0 aliphatic rings. The fourth-order valence-electron chi connectivity index (χ4n) is 1.13. The van der Waals surface area contributed by atoms with Gasteiger partial charge in [0.15, 0.2) is 23.3 Å². The summed E-state index contributed by atoms with van der Waals surface area (Å²) < 4.78 is 26.3. The van der Waals surface area contributed by atoms with Crippen molar-refractivity contribution in [3.05, 3.63) is 17.7 Å². The molecule has 6 nitrogen and oxygen atoms in total. The lowest BCUT2D eigenvalue weighted by atomic mass is 10.3. The van der Waals surface area contributed by atoms with Gasteiger partial charge in [0, 0.05) is 13.1 Å². The highest BCUT2D eigenvalue weighted by molar-refractivity contribution is 5.79. The number of rotatable bonds is 4. The number of aromatic nitrogens is 1. The minimum atomic E-state index is -0.920. The van der Waals surface area contributed by atoms with Crippen LogP contribution in [0.4, 0.5) is 20.4 Å². The average Bonchev–Trinajstić information content (AvgIpc) is 2.16. The lowest BCUT2D eigenvalue weighted by Crippen LogP contribution is -2.32. The van der Waals surface area contributed by atoms with E-state index in [1.54, 1.807) is 0 Å². The molecule has 1 heterocycles. The maximum Gasteiger partial charge on any atom is 0.236 e. The Morgan fingerprint density at radius 3 is 2.69 bits per heavy atom. The Morgan fingerprint density at radius 1 is 1.56 bits per heavy atom. The van der Waals surface area contributed by atoms with Gasteiger partial charge in [0.2, 0.25) is 5.91 Å². The van der Waals surface area contributed by atoms with Crippen LogP contribution in [0.25, 0.3) is 0 Å². The number of nitrogens with one attached hydrogen (secondary N) is 1. The third-order valence-corrected chi connectivity index (χ3v) is 1.80. The average molecular weight is 231 g/mol. The van der Waals surface area contributed by atoms with Crippen LogP contribution in [-0.4, -0.2) is 24.5 Å². The van der Waals surface area contributed by atoms with E-state index >= 15 is 0 Å². The summed E-state index contributed by atoms with van der Waals surface area (Å²) in [5.41, 5.74) is 6.91. The maximum absolute atomic E-state index is 13.3. The number of halogens is 2. The largest absolute Gasteiger partial charge is 0.368 e. The van der Waals surface area contributed by atoms with Gasteiger partial charge in [-0.2, -0.15) is 0 Å². The number of nitrogens with two attached hydrogens (primary N) is 2. The van der Waals surface area contributed by atoms with Crippen LogP contribution in [0.1, 0.15) is 0 Å². The van der Waals surface area contributed by atoms with Crippen LogP contribution in [0.2, 0.25) is 0 Å². The van der Waals surface area contributed by atoms with Crippen LogP contribution in [0.3, 0.4) is 0 Å². The SMILES string of the molecule is CN(CC(N)=O)c1nc(NN)c(F)cc1F. The number of primary amides is 1. The number of hydrogen-bond donors (Lipinski definition) is 3. The summed E-state index contributed by atoms with van der Waals surface area (Å²) in [4.78, 5) is 15.4. The van der Waals surface area contributed by atoms with Crippen molar-refractivity contribution in [2.45, 2.75) is 0 Å². The van der Waals surface area contributed by atoms with Gasteiger partial charge in [-0.05, 0) is 0 Å². The van der Waals surface area contributed by atoms with Gasteiger partial charge >= 0.3 is 0 Å². The number of nitrogen functional groups attached to an aromatic ring is 1. The molecule has 0 aliphatic heterocycles. The number of carbonyl (C=O) groups is 1. The van der Waals surface area contributed by atoms with E-state index in [0.29, 0.717) is 6.07 Å². The molecule has 0 saturated heterocycles. The molecule has 0 fully saturated rings. The number of pyridine rings is 1. The van der Waals surface area contributed by atoms with Crippen molar-refractivity contribution in [1.82, 2.24) is 4.98 Å².